The Bertz CT molecular complexity index is 223. The number of carbonyl (C=O) groups is 2. The van der Waals surface area contributed by atoms with Gasteiger partial charge >= 0.3 is 11.9 Å². The lowest BCUT2D eigenvalue weighted by Crippen LogP contribution is -2.37. The second-order valence-corrected chi connectivity index (χ2v) is 4.05. The molecule has 1 fully saturated rings. The van der Waals surface area contributed by atoms with Crippen molar-refractivity contribution in [3.05, 3.63) is 0 Å². The summed E-state index contributed by atoms with van der Waals surface area (Å²) in [6.45, 7) is 3.52. The summed E-state index contributed by atoms with van der Waals surface area (Å²) in [4.78, 5) is 22.4. The summed E-state index contributed by atoms with van der Waals surface area (Å²) in [5.41, 5.74) is 0. The maximum absolute atomic E-state index is 11.2. The smallest absolute Gasteiger partial charge is 0.305 e. The summed E-state index contributed by atoms with van der Waals surface area (Å²) in [6, 6.07) is 0. The van der Waals surface area contributed by atoms with Gasteiger partial charge in [-0.1, -0.05) is 13.8 Å². The van der Waals surface area contributed by atoms with E-state index in [-0.39, 0.29) is 24.1 Å². The van der Waals surface area contributed by atoms with Crippen LogP contribution < -0.4 is 0 Å². The van der Waals surface area contributed by atoms with E-state index >= 15 is 0 Å². The number of hydrogen-bond acceptors (Lipinski definition) is 4. The molecule has 0 saturated heterocycles. The van der Waals surface area contributed by atoms with Crippen molar-refractivity contribution in [3.63, 3.8) is 0 Å². The Morgan fingerprint density at radius 1 is 0.938 bits per heavy atom. The van der Waals surface area contributed by atoms with Gasteiger partial charge in [0.1, 0.15) is 12.2 Å². The molecule has 4 nitrogen and oxygen atoms in total. The van der Waals surface area contributed by atoms with Gasteiger partial charge in [-0.05, 0) is 25.7 Å². The fraction of sp³-hybridized carbons (Fsp3) is 0.833. The lowest BCUT2D eigenvalue weighted by Gasteiger charge is -2.30. The van der Waals surface area contributed by atoms with Crippen molar-refractivity contribution in [2.45, 2.75) is 64.6 Å². The molecular weight excluding hydrogens is 208 g/mol. The molecule has 1 aliphatic rings. The Morgan fingerprint density at radius 3 is 1.62 bits per heavy atom. The zero-order valence-corrected chi connectivity index (χ0v) is 10.0. The molecule has 1 aliphatic carbocycles. The van der Waals surface area contributed by atoms with Crippen LogP contribution in [0.1, 0.15) is 52.4 Å². The zero-order chi connectivity index (χ0) is 12.0. The molecule has 0 aromatic rings. The van der Waals surface area contributed by atoms with E-state index in [1.807, 2.05) is 0 Å². The number of esters is 2. The Morgan fingerprint density at radius 2 is 1.31 bits per heavy atom. The quantitative estimate of drug-likeness (QED) is 0.692. The topological polar surface area (TPSA) is 52.6 Å². The molecule has 0 aromatic heterocycles. The van der Waals surface area contributed by atoms with Gasteiger partial charge in [-0.25, -0.2) is 0 Å². The Hall–Kier alpha value is -1.06. The molecule has 0 radical (unpaired) electrons. The minimum Gasteiger partial charge on any atom is -0.458 e. The molecule has 1 saturated carbocycles. The van der Waals surface area contributed by atoms with Crippen LogP contribution in [0.25, 0.3) is 0 Å². The lowest BCUT2D eigenvalue weighted by molar-refractivity contribution is -0.171. The van der Waals surface area contributed by atoms with E-state index in [0.29, 0.717) is 12.8 Å². The molecule has 0 spiro atoms. The van der Waals surface area contributed by atoms with Crippen LogP contribution in [-0.4, -0.2) is 24.1 Å². The fourth-order valence-electron chi connectivity index (χ4n) is 1.84. The largest absolute Gasteiger partial charge is 0.458 e. The van der Waals surface area contributed by atoms with E-state index < -0.39 is 0 Å². The van der Waals surface area contributed by atoms with Crippen molar-refractivity contribution in [2.24, 2.45) is 0 Å². The first kappa shape index (κ1) is 13.0. The van der Waals surface area contributed by atoms with Gasteiger partial charge in [-0.2, -0.15) is 0 Å². The Labute approximate surface area is 96.3 Å². The van der Waals surface area contributed by atoms with Gasteiger partial charge in [0, 0.05) is 12.8 Å². The molecule has 0 aliphatic heterocycles. The maximum atomic E-state index is 11.2. The Balaban J connectivity index is 2.49. The molecule has 16 heavy (non-hydrogen) atoms. The van der Waals surface area contributed by atoms with Gasteiger partial charge in [0.2, 0.25) is 0 Å². The monoisotopic (exact) mass is 228 g/mol. The predicted octanol–water partition coefficient (Wildman–Crippen LogP) is 2.20. The molecule has 0 amide bonds. The van der Waals surface area contributed by atoms with Crippen LogP contribution in [0.4, 0.5) is 0 Å². The number of ether oxygens (including phenoxy) is 2. The summed E-state index contributed by atoms with van der Waals surface area (Å²) < 4.78 is 10.6. The van der Waals surface area contributed by atoms with Gasteiger partial charge in [0.05, 0.1) is 0 Å². The minimum absolute atomic E-state index is 0.218. The third kappa shape index (κ3) is 3.83. The SMILES string of the molecule is CCC(=O)OC1CCCCC1OC(=O)CC. The molecule has 1 rings (SSSR count). The van der Waals surface area contributed by atoms with Crippen LogP contribution >= 0.6 is 0 Å². The van der Waals surface area contributed by atoms with Crippen LogP contribution in [0, 0.1) is 0 Å². The highest BCUT2D eigenvalue weighted by Crippen LogP contribution is 2.24. The van der Waals surface area contributed by atoms with Crippen LogP contribution in [0.15, 0.2) is 0 Å². The van der Waals surface area contributed by atoms with Gasteiger partial charge in [0.15, 0.2) is 0 Å². The lowest BCUT2D eigenvalue weighted by atomic mass is 9.94. The standard InChI is InChI=1S/C12H20O4/c1-3-11(13)15-9-7-5-6-8-10(9)16-12(14)4-2/h9-10H,3-8H2,1-2H3. The van der Waals surface area contributed by atoms with Crippen LogP contribution in [0.2, 0.25) is 0 Å². The summed E-state index contributed by atoms with van der Waals surface area (Å²) in [5, 5.41) is 0. The first-order valence-corrected chi connectivity index (χ1v) is 6.06. The molecule has 2 atom stereocenters. The summed E-state index contributed by atoms with van der Waals surface area (Å²) in [6.07, 6.45) is 3.91. The third-order valence-electron chi connectivity index (χ3n) is 2.78. The van der Waals surface area contributed by atoms with E-state index in [1.54, 1.807) is 13.8 Å². The van der Waals surface area contributed by atoms with E-state index in [1.165, 1.54) is 0 Å². The highest BCUT2D eigenvalue weighted by Gasteiger charge is 2.30. The molecule has 2 unspecified atom stereocenters. The minimum atomic E-state index is -0.239. The molecule has 0 aromatic carbocycles. The zero-order valence-electron chi connectivity index (χ0n) is 10.0. The first-order chi connectivity index (χ1) is 7.67. The van der Waals surface area contributed by atoms with Crippen molar-refractivity contribution < 1.29 is 19.1 Å². The molecule has 0 N–H and O–H groups in total. The van der Waals surface area contributed by atoms with Gasteiger partial charge in [-0.3, -0.25) is 9.59 Å². The average molecular weight is 228 g/mol. The van der Waals surface area contributed by atoms with E-state index in [9.17, 15) is 9.59 Å². The second-order valence-electron chi connectivity index (χ2n) is 4.05. The highest BCUT2D eigenvalue weighted by molar-refractivity contribution is 5.70. The van der Waals surface area contributed by atoms with Crippen LogP contribution in [0.3, 0.4) is 0 Å². The summed E-state index contributed by atoms with van der Waals surface area (Å²) >= 11 is 0. The number of carbonyl (C=O) groups excluding carboxylic acids is 2. The van der Waals surface area contributed by atoms with Crippen LogP contribution in [-0.2, 0) is 19.1 Å². The van der Waals surface area contributed by atoms with Gasteiger partial charge < -0.3 is 9.47 Å². The highest BCUT2D eigenvalue weighted by atomic mass is 16.6. The summed E-state index contributed by atoms with van der Waals surface area (Å²) in [5.74, 6) is -0.436. The molecule has 4 heteroatoms. The van der Waals surface area contributed by atoms with Crippen molar-refractivity contribution in [2.75, 3.05) is 0 Å². The molecule has 92 valence electrons. The first-order valence-electron chi connectivity index (χ1n) is 6.06. The second kappa shape index (κ2) is 6.51. The average Bonchev–Trinajstić information content (AvgIpc) is 2.31. The van der Waals surface area contributed by atoms with Crippen molar-refractivity contribution in [1.29, 1.82) is 0 Å². The number of rotatable bonds is 4. The van der Waals surface area contributed by atoms with Crippen molar-refractivity contribution in [3.8, 4) is 0 Å². The number of hydrogen-bond donors (Lipinski definition) is 0. The summed E-state index contributed by atoms with van der Waals surface area (Å²) in [7, 11) is 0. The van der Waals surface area contributed by atoms with E-state index in [2.05, 4.69) is 0 Å². The third-order valence-corrected chi connectivity index (χ3v) is 2.78. The van der Waals surface area contributed by atoms with Gasteiger partial charge in [0.25, 0.3) is 0 Å². The maximum Gasteiger partial charge on any atom is 0.305 e. The normalized spacial score (nSPS) is 24.9. The fourth-order valence-corrected chi connectivity index (χ4v) is 1.84. The predicted molar refractivity (Wildman–Crippen MR) is 58.8 cm³/mol. The Kier molecular flexibility index (Phi) is 5.29. The van der Waals surface area contributed by atoms with E-state index in [4.69, 9.17) is 9.47 Å². The molecular formula is C12H20O4. The molecule has 0 heterocycles. The van der Waals surface area contributed by atoms with Crippen LogP contribution in [0.5, 0.6) is 0 Å². The van der Waals surface area contributed by atoms with E-state index in [0.717, 1.165) is 25.7 Å². The van der Waals surface area contributed by atoms with Crippen molar-refractivity contribution >= 4 is 11.9 Å². The van der Waals surface area contributed by atoms with Crippen molar-refractivity contribution in [1.82, 2.24) is 0 Å². The molecule has 0 bridgehead atoms. The van der Waals surface area contributed by atoms with Gasteiger partial charge in [-0.15, -0.1) is 0 Å².